The number of carbonyl (C=O) groups excluding carboxylic acids is 1. The molecule has 0 bridgehead atoms. The van der Waals surface area contributed by atoms with Gasteiger partial charge in [-0.05, 0) is 43.9 Å². The van der Waals surface area contributed by atoms with Gasteiger partial charge in [0.25, 0.3) is 0 Å². The number of amides is 1. The number of rotatable bonds is 6. The normalized spacial score (nSPS) is 18.0. The molecule has 1 aliphatic heterocycles. The van der Waals surface area contributed by atoms with Gasteiger partial charge in [-0.1, -0.05) is 36.4 Å². The molecule has 1 atom stereocenters. The molecule has 4 nitrogen and oxygen atoms in total. The third-order valence-corrected chi connectivity index (χ3v) is 6.03. The number of nitrogens with zero attached hydrogens (tertiary/aromatic N) is 1. The van der Waals surface area contributed by atoms with Crippen molar-refractivity contribution >= 4 is 17.2 Å². The Labute approximate surface area is 153 Å². The van der Waals surface area contributed by atoms with Crippen molar-refractivity contribution in [2.45, 2.75) is 24.3 Å². The van der Waals surface area contributed by atoms with Gasteiger partial charge >= 0.3 is 0 Å². The summed E-state index contributed by atoms with van der Waals surface area (Å²) in [6.07, 6.45) is 1.46. The van der Waals surface area contributed by atoms with E-state index in [9.17, 15) is 4.79 Å². The third kappa shape index (κ3) is 3.94. The predicted molar refractivity (Wildman–Crippen MR) is 102 cm³/mol. The van der Waals surface area contributed by atoms with Gasteiger partial charge in [0.1, 0.15) is 0 Å². The molecule has 1 aromatic carbocycles. The van der Waals surface area contributed by atoms with Crippen molar-refractivity contribution in [2.24, 2.45) is 0 Å². The van der Waals surface area contributed by atoms with Gasteiger partial charge in [-0.3, -0.25) is 4.79 Å². The van der Waals surface area contributed by atoms with Gasteiger partial charge in [-0.25, -0.2) is 0 Å². The van der Waals surface area contributed by atoms with E-state index in [1.807, 2.05) is 18.2 Å². The summed E-state index contributed by atoms with van der Waals surface area (Å²) < 4.78 is 5.53. The highest BCUT2D eigenvalue weighted by molar-refractivity contribution is 7.10. The van der Waals surface area contributed by atoms with E-state index in [1.165, 1.54) is 4.88 Å². The molecule has 1 aromatic heterocycles. The number of hydrogen-bond acceptors (Lipinski definition) is 4. The van der Waals surface area contributed by atoms with Crippen LogP contribution < -0.4 is 5.32 Å². The van der Waals surface area contributed by atoms with Crippen LogP contribution in [0, 0.1) is 0 Å². The van der Waals surface area contributed by atoms with Crippen LogP contribution in [0.1, 0.15) is 29.3 Å². The zero-order chi connectivity index (χ0) is 17.7. The van der Waals surface area contributed by atoms with E-state index < -0.39 is 5.41 Å². The van der Waals surface area contributed by atoms with Crippen LogP contribution in [0.4, 0.5) is 0 Å². The molecule has 1 N–H and O–H groups in total. The number of carbonyl (C=O) groups is 1. The Bertz CT molecular complexity index is 664. The molecule has 0 saturated carbocycles. The van der Waals surface area contributed by atoms with E-state index in [0.717, 1.165) is 18.4 Å². The van der Waals surface area contributed by atoms with E-state index in [-0.39, 0.29) is 11.9 Å². The van der Waals surface area contributed by atoms with Gasteiger partial charge in [-0.15, -0.1) is 11.3 Å². The number of benzene rings is 1. The summed E-state index contributed by atoms with van der Waals surface area (Å²) in [4.78, 5) is 16.7. The first-order valence-corrected chi connectivity index (χ1v) is 9.63. The average Bonchev–Trinajstić information content (AvgIpc) is 3.17. The lowest BCUT2D eigenvalue weighted by Crippen LogP contribution is -2.49. The number of hydrogen-bond donors (Lipinski definition) is 1. The van der Waals surface area contributed by atoms with Gasteiger partial charge in [0.2, 0.25) is 5.91 Å². The molecule has 0 radical (unpaired) electrons. The highest BCUT2D eigenvalue weighted by atomic mass is 32.1. The molecule has 3 rings (SSSR count). The molecule has 2 heterocycles. The Morgan fingerprint density at radius 1 is 1.20 bits per heavy atom. The van der Waals surface area contributed by atoms with Crippen LogP contribution in [0.2, 0.25) is 0 Å². The Morgan fingerprint density at radius 3 is 2.52 bits per heavy atom. The van der Waals surface area contributed by atoms with Crippen molar-refractivity contribution < 1.29 is 9.53 Å². The van der Waals surface area contributed by atoms with Crippen LogP contribution in [0.15, 0.2) is 47.8 Å². The standard InChI is InChI=1S/C20H26N2O2S/c1-22(2)17(18-9-6-14-25-18)15-21-19(23)20(10-12-24-13-11-20)16-7-4-3-5-8-16/h3-9,14,17H,10-13,15H2,1-2H3,(H,21,23). The summed E-state index contributed by atoms with van der Waals surface area (Å²) in [7, 11) is 4.11. The highest BCUT2D eigenvalue weighted by Crippen LogP contribution is 2.35. The Balaban J connectivity index is 1.77. The lowest BCUT2D eigenvalue weighted by molar-refractivity contribution is -0.130. The van der Waals surface area contributed by atoms with Crippen LogP contribution in [0.5, 0.6) is 0 Å². The molecule has 25 heavy (non-hydrogen) atoms. The number of thiophene rings is 1. The second-order valence-corrected chi connectivity index (χ2v) is 7.74. The quantitative estimate of drug-likeness (QED) is 0.862. The zero-order valence-corrected chi connectivity index (χ0v) is 15.7. The van der Waals surface area contributed by atoms with Crippen LogP contribution in [-0.2, 0) is 14.9 Å². The molecule has 0 aliphatic carbocycles. The molecule has 1 aliphatic rings. The van der Waals surface area contributed by atoms with E-state index in [0.29, 0.717) is 19.8 Å². The van der Waals surface area contributed by atoms with Gasteiger partial charge in [0, 0.05) is 24.6 Å². The topological polar surface area (TPSA) is 41.6 Å². The maximum atomic E-state index is 13.2. The summed E-state index contributed by atoms with van der Waals surface area (Å²) in [6, 6.07) is 14.5. The molecule has 1 amide bonds. The molecule has 134 valence electrons. The largest absolute Gasteiger partial charge is 0.381 e. The molecule has 1 saturated heterocycles. The van der Waals surface area contributed by atoms with Crippen LogP contribution in [0.3, 0.4) is 0 Å². The summed E-state index contributed by atoms with van der Waals surface area (Å²) in [5.74, 6) is 0.116. The number of likely N-dealkylation sites (N-methyl/N-ethyl adjacent to an activating group) is 1. The summed E-state index contributed by atoms with van der Waals surface area (Å²) in [5, 5.41) is 5.31. The minimum Gasteiger partial charge on any atom is -0.381 e. The lowest BCUT2D eigenvalue weighted by atomic mass is 9.73. The minimum atomic E-state index is -0.480. The summed E-state index contributed by atoms with van der Waals surface area (Å²) >= 11 is 1.73. The first-order chi connectivity index (χ1) is 12.1. The molecular weight excluding hydrogens is 332 g/mol. The minimum absolute atomic E-state index is 0.116. The molecule has 5 heteroatoms. The molecular formula is C20H26N2O2S. The molecule has 1 unspecified atom stereocenters. The summed E-state index contributed by atoms with van der Waals surface area (Å²) in [5.41, 5.74) is 0.611. The monoisotopic (exact) mass is 358 g/mol. The van der Waals surface area contributed by atoms with Crippen LogP contribution >= 0.6 is 11.3 Å². The summed E-state index contributed by atoms with van der Waals surface area (Å²) in [6.45, 7) is 1.87. The van der Waals surface area contributed by atoms with E-state index in [1.54, 1.807) is 11.3 Å². The average molecular weight is 359 g/mol. The van der Waals surface area contributed by atoms with E-state index >= 15 is 0 Å². The highest BCUT2D eigenvalue weighted by Gasteiger charge is 2.41. The maximum absolute atomic E-state index is 13.2. The molecule has 0 spiro atoms. The fourth-order valence-electron chi connectivity index (χ4n) is 3.50. The van der Waals surface area contributed by atoms with Gasteiger partial charge < -0.3 is 15.0 Å². The zero-order valence-electron chi connectivity index (χ0n) is 14.9. The number of ether oxygens (including phenoxy) is 1. The van der Waals surface area contributed by atoms with Crippen molar-refractivity contribution in [3.63, 3.8) is 0 Å². The Kier molecular flexibility index (Phi) is 5.89. The van der Waals surface area contributed by atoms with Crippen molar-refractivity contribution in [1.29, 1.82) is 0 Å². The van der Waals surface area contributed by atoms with Crippen molar-refractivity contribution in [2.75, 3.05) is 33.9 Å². The van der Waals surface area contributed by atoms with Crippen molar-refractivity contribution in [3.8, 4) is 0 Å². The molecule has 1 fully saturated rings. The van der Waals surface area contributed by atoms with Gasteiger partial charge in [0.05, 0.1) is 11.5 Å². The van der Waals surface area contributed by atoms with Crippen molar-refractivity contribution in [3.05, 3.63) is 58.3 Å². The van der Waals surface area contributed by atoms with E-state index in [4.69, 9.17) is 4.74 Å². The third-order valence-electron chi connectivity index (χ3n) is 5.06. The maximum Gasteiger partial charge on any atom is 0.230 e. The Hall–Kier alpha value is -1.69. The number of nitrogens with one attached hydrogen (secondary N) is 1. The fourth-order valence-corrected chi connectivity index (χ4v) is 4.42. The first kappa shape index (κ1) is 18.1. The van der Waals surface area contributed by atoms with Gasteiger partial charge in [-0.2, -0.15) is 0 Å². The first-order valence-electron chi connectivity index (χ1n) is 8.75. The van der Waals surface area contributed by atoms with Crippen LogP contribution in [-0.4, -0.2) is 44.7 Å². The second-order valence-electron chi connectivity index (χ2n) is 6.77. The fraction of sp³-hybridized carbons (Fsp3) is 0.450. The van der Waals surface area contributed by atoms with E-state index in [2.05, 4.69) is 54.0 Å². The van der Waals surface area contributed by atoms with Gasteiger partial charge in [0.15, 0.2) is 0 Å². The lowest BCUT2D eigenvalue weighted by Gasteiger charge is -2.37. The van der Waals surface area contributed by atoms with Crippen LogP contribution in [0.25, 0.3) is 0 Å². The van der Waals surface area contributed by atoms with Crippen molar-refractivity contribution in [1.82, 2.24) is 10.2 Å². The molecule has 2 aromatic rings. The smallest absolute Gasteiger partial charge is 0.230 e. The second kappa shape index (κ2) is 8.13. The Morgan fingerprint density at radius 2 is 1.92 bits per heavy atom. The predicted octanol–water partition coefficient (Wildman–Crippen LogP) is 3.22. The SMILES string of the molecule is CN(C)C(CNC(=O)C1(c2ccccc2)CCOCC1)c1cccs1.